The van der Waals surface area contributed by atoms with Crippen molar-refractivity contribution in [3.05, 3.63) is 41.5 Å². The van der Waals surface area contributed by atoms with Crippen LogP contribution in [0.4, 0.5) is 0 Å². The first-order chi connectivity index (χ1) is 8.32. The maximum atomic E-state index is 3.71. The van der Waals surface area contributed by atoms with E-state index in [-0.39, 0.29) is 0 Å². The van der Waals surface area contributed by atoms with Gasteiger partial charge in [-0.3, -0.25) is 0 Å². The molecule has 90 valence electrons. The lowest BCUT2D eigenvalue weighted by atomic mass is 9.77. The van der Waals surface area contributed by atoms with E-state index in [1.807, 2.05) is 11.9 Å². The Bertz CT molecular complexity index is 429. The van der Waals surface area contributed by atoms with Gasteiger partial charge in [0.1, 0.15) is 0 Å². The summed E-state index contributed by atoms with van der Waals surface area (Å²) in [6, 6.07) is 10.8. The maximum absolute atomic E-state index is 3.71. The Balaban J connectivity index is 1.96. The molecule has 0 unspecified atom stereocenters. The largest absolute Gasteiger partial charge is 0.250 e. The summed E-state index contributed by atoms with van der Waals surface area (Å²) >= 11 is 1.84. The van der Waals surface area contributed by atoms with Crippen molar-refractivity contribution >= 4 is 16.9 Å². The standard InChI is InChI=1S/C15H19NS/c1-12-14(13-8-4-2-5-9-13)17-16-15(12)10-6-3-7-11-15/h2,4-5,8-9,16H,3,6-7,10-11H2,1H3. The first-order valence-electron chi connectivity index (χ1n) is 6.53. The van der Waals surface area contributed by atoms with E-state index in [9.17, 15) is 0 Å². The number of hydrogen-bond acceptors (Lipinski definition) is 2. The van der Waals surface area contributed by atoms with E-state index in [1.165, 1.54) is 42.6 Å². The van der Waals surface area contributed by atoms with Gasteiger partial charge in [0.15, 0.2) is 0 Å². The van der Waals surface area contributed by atoms with Crippen LogP contribution in [0.3, 0.4) is 0 Å². The zero-order valence-electron chi connectivity index (χ0n) is 10.3. The Kier molecular flexibility index (Phi) is 3.01. The Hall–Kier alpha value is -0.730. The molecule has 1 aromatic carbocycles. The normalized spacial score (nSPS) is 23.4. The molecule has 1 aromatic rings. The van der Waals surface area contributed by atoms with Crippen molar-refractivity contribution in [1.29, 1.82) is 0 Å². The van der Waals surface area contributed by atoms with Crippen molar-refractivity contribution in [3.63, 3.8) is 0 Å². The van der Waals surface area contributed by atoms with Crippen LogP contribution in [0.1, 0.15) is 44.6 Å². The second kappa shape index (κ2) is 4.51. The molecule has 1 nitrogen and oxygen atoms in total. The third-order valence-electron chi connectivity index (χ3n) is 4.15. The Labute approximate surface area is 108 Å². The van der Waals surface area contributed by atoms with Gasteiger partial charge in [0.2, 0.25) is 0 Å². The second-order valence-electron chi connectivity index (χ2n) is 5.17. The Morgan fingerprint density at radius 3 is 2.47 bits per heavy atom. The monoisotopic (exact) mass is 245 g/mol. The van der Waals surface area contributed by atoms with Gasteiger partial charge in [0.25, 0.3) is 0 Å². The van der Waals surface area contributed by atoms with Crippen LogP contribution in [0.2, 0.25) is 0 Å². The zero-order chi connectivity index (χ0) is 11.7. The van der Waals surface area contributed by atoms with E-state index in [0.717, 1.165) is 0 Å². The number of hydrogen-bond donors (Lipinski definition) is 1. The van der Waals surface area contributed by atoms with E-state index in [4.69, 9.17) is 0 Å². The molecule has 17 heavy (non-hydrogen) atoms. The highest BCUT2D eigenvalue weighted by Gasteiger charge is 2.39. The second-order valence-corrected chi connectivity index (χ2v) is 5.98. The van der Waals surface area contributed by atoms with E-state index >= 15 is 0 Å². The van der Waals surface area contributed by atoms with Gasteiger partial charge in [-0.15, -0.1) is 0 Å². The van der Waals surface area contributed by atoms with Gasteiger partial charge in [0.05, 0.1) is 5.54 Å². The summed E-state index contributed by atoms with van der Waals surface area (Å²) in [4.78, 5) is 1.45. The molecular weight excluding hydrogens is 226 g/mol. The third kappa shape index (κ3) is 1.94. The molecular formula is C15H19NS. The van der Waals surface area contributed by atoms with Gasteiger partial charge in [-0.05, 0) is 42.8 Å². The Morgan fingerprint density at radius 1 is 1.06 bits per heavy atom. The van der Waals surface area contributed by atoms with Crippen LogP contribution in [0.15, 0.2) is 35.9 Å². The fraction of sp³-hybridized carbons (Fsp3) is 0.467. The van der Waals surface area contributed by atoms with Gasteiger partial charge < -0.3 is 0 Å². The first-order valence-corrected chi connectivity index (χ1v) is 7.34. The highest BCUT2D eigenvalue weighted by atomic mass is 32.2. The quantitative estimate of drug-likeness (QED) is 0.737. The van der Waals surface area contributed by atoms with Crippen molar-refractivity contribution in [2.75, 3.05) is 0 Å². The summed E-state index contributed by atoms with van der Waals surface area (Å²) in [5, 5.41) is 0. The minimum atomic E-state index is 0.300. The van der Waals surface area contributed by atoms with Crippen LogP contribution in [0.5, 0.6) is 0 Å². The number of rotatable bonds is 1. The summed E-state index contributed by atoms with van der Waals surface area (Å²) in [6.45, 7) is 2.32. The first kappa shape index (κ1) is 11.4. The van der Waals surface area contributed by atoms with E-state index in [1.54, 1.807) is 5.57 Å². The zero-order valence-corrected chi connectivity index (χ0v) is 11.1. The summed E-state index contributed by atoms with van der Waals surface area (Å²) < 4.78 is 3.71. The van der Waals surface area contributed by atoms with Gasteiger partial charge in [-0.2, -0.15) is 0 Å². The van der Waals surface area contributed by atoms with Crippen LogP contribution < -0.4 is 4.72 Å². The predicted molar refractivity (Wildman–Crippen MR) is 75.6 cm³/mol. The molecule has 0 saturated heterocycles. The van der Waals surface area contributed by atoms with Crippen molar-refractivity contribution in [2.24, 2.45) is 0 Å². The summed E-state index contributed by atoms with van der Waals surface area (Å²) in [5.74, 6) is 0. The SMILES string of the molecule is CC1=C(c2ccccc2)SNC12CCCCC2. The third-order valence-corrected chi connectivity index (χ3v) is 5.39. The molecule has 1 aliphatic heterocycles. The van der Waals surface area contributed by atoms with E-state index < -0.39 is 0 Å². The molecule has 0 aromatic heterocycles. The molecule has 2 heteroatoms. The molecule has 0 bridgehead atoms. The summed E-state index contributed by atoms with van der Waals surface area (Å²) in [5.41, 5.74) is 3.23. The Morgan fingerprint density at radius 2 is 1.76 bits per heavy atom. The number of nitrogens with one attached hydrogen (secondary N) is 1. The smallest absolute Gasteiger partial charge is 0.0506 e. The summed E-state index contributed by atoms with van der Waals surface area (Å²) in [6.07, 6.45) is 6.76. The average Bonchev–Trinajstić information content (AvgIpc) is 2.70. The van der Waals surface area contributed by atoms with Crippen molar-refractivity contribution < 1.29 is 0 Å². The molecule has 1 N–H and O–H groups in total. The van der Waals surface area contributed by atoms with E-state index in [0.29, 0.717) is 5.54 Å². The lowest BCUT2D eigenvalue weighted by Crippen LogP contribution is -2.41. The van der Waals surface area contributed by atoms with Crippen LogP contribution in [-0.4, -0.2) is 5.54 Å². The molecule has 1 heterocycles. The molecule has 0 atom stereocenters. The van der Waals surface area contributed by atoms with Gasteiger partial charge >= 0.3 is 0 Å². The fourth-order valence-electron chi connectivity index (χ4n) is 3.02. The minimum absolute atomic E-state index is 0.300. The lowest BCUT2D eigenvalue weighted by Gasteiger charge is -2.34. The molecule has 0 amide bonds. The van der Waals surface area contributed by atoms with Crippen LogP contribution in [0.25, 0.3) is 4.91 Å². The van der Waals surface area contributed by atoms with Crippen molar-refractivity contribution in [1.82, 2.24) is 4.72 Å². The van der Waals surface area contributed by atoms with Crippen LogP contribution >= 0.6 is 11.9 Å². The van der Waals surface area contributed by atoms with Crippen LogP contribution in [-0.2, 0) is 0 Å². The van der Waals surface area contributed by atoms with Gasteiger partial charge in [0, 0.05) is 4.91 Å². The molecule has 1 aliphatic carbocycles. The highest BCUT2D eigenvalue weighted by molar-refractivity contribution is 8.06. The predicted octanol–water partition coefficient (Wildman–Crippen LogP) is 4.37. The molecule has 3 rings (SSSR count). The molecule has 2 aliphatic rings. The molecule has 0 radical (unpaired) electrons. The lowest BCUT2D eigenvalue weighted by molar-refractivity contribution is 0.326. The maximum Gasteiger partial charge on any atom is 0.0506 e. The average molecular weight is 245 g/mol. The highest BCUT2D eigenvalue weighted by Crippen LogP contribution is 2.47. The molecule has 1 fully saturated rings. The minimum Gasteiger partial charge on any atom is -0.250 e. The van der Waals surface area contributed by atoms with Crippen LogP contribution in [0, 0.1) is 0 Å². The molecule has 1 saturated carbocycles. The molecule has 1 spiro atoms. The van der Waals surface area contributed by atoms with Gasteiger partial charge in [-0.1, -0.05) is 49.6 Å². The summed E-state index contributed by atoms with van der Waals surface area (Å²) in [7, 11) is 0. The fourth-order valence-corrected chi connectivity index (χ4v) is 4.27. The van der Waals surface area contributed by atoms with E-state index in [2.05, 4.69) is 42.0 Å². The van der Waals surface area contributed by atoms with Gasteiger partial charge in [-0.25, -0.2) is 4.72 Å². The van der Waals surface area contributed by atoms with Crippen molar-refractivity contribution in [2.45, 2.75) is 44.6 Å². The van der Waals surface area contributed by atoms with Crippen molar-refractivity contribution in [3.8, 4) is 0 Å². The number of benzene rings is 1. The topological polar surface area (TPSA) is 12.0 Å².